The first-order valence-corrected chi connectivity index (χ1v) is 9.36. The van der Waals surface area contributed by atoms with Crippen LogP contribution in [-0.2, 0) is 4.74 Å². The van der Waals surface area contributed by atoms with E-state index in [9.17, 15) is 4.79 Å². The summed E-state index contributed by atoms with van der Waals surface area (Å²) in [5, 5.41) is 4.54. The van der Waals surface area contributed by atoms with Gasteiger partial charge in [-0.2, -0.15) is 9.97 Å². The van der Waals surface area contributed by atoms with Gasteiger partial charge < -0.3 is 20.7 Å². The molecule has 0 spiro atoms. The van der Waals surface area contributed by atoms with Gasteiger partial charge in [0.1, 0.15) is 0 Å². The molecule has 3 N–H and O–H groups in total. The van der Waals surface area contributed by atoms with Gasteiger partial charge in [0, 0.05) is 24.3 Å². The van der Waals surface area contributed by atoms with Crippen molar-refractivity contribution in [1.29, 1.82) is 0 Å². The zero-order chi connectivity index (χ0) is 18.6. The fourth-order valence-electron chi connectivity index (χ4n) is 2.76. The van der Waals surface area contributed by atoms with Crippen molar-refractivity contribution in [2.75, 3.05) is 36.5 Å². The summed E-state index contributed by atoms with van der Waals surface area (Å²) in [6.07, 6.45) is 0. The van der Waals surface area contributed by atoms with Crippen molar-refractivity contribution in [2.24, 2.45) is 5.73 Å². The number of rotatable bonds is 4. The predicted octanol–water partition coefficient (Wildman–Crippen LogP) is 2.59. The van der Waals surface area contributed by atoms with Gasteiger partial charge in [0.15, 0.2) is 11.6 Å². The van der Waals surface area contributed by atoms with E-state index in [1.54, 1.807) is 23.5 Å². The second kappa shape index (κ2) is 7.68. The van der Waals surface area contributed by atoms with Crippen LogP contribution >= 0.6 is 11.3 Å². The number of carbonyl (C=O) groups is 1. The summed E-state index contributed by atoms with van der Waals surface area (Å²) < 4.78 is 5.43. The molecule has 0 bridgehead atoms. The third-order valence-corrected chi connectivity index (χ3v) is 4.94. The number of nitrogens with two attached hydrogens (primary N) is 1. The first kappa shape index (κ1) is 17.4. The largest absolute Gasteiger partial charge is 0.378 e. The van der Waals surface area contributed by atoms with Crippen LogP contribution in [-0.4, -0.2) is 47.3 Å². The Morgan fingerprint density at radius 3 is 2.48 bits per heavy atom. The molecular weight excluding hydrogens is 364 g/mol. The number of benzene rings is 1. The van der Waals surface area contributed by atoms with Gasteiger partial charge in [-0.1, -0.05) is 6.07 Å². The maximum absolute atomic E-state index is 11.0. The molecule has 2 aromatic heterocycles. The average molecular weight is 382 g/mol. The fraction of sp³-hybridized carbons (Fsp3) is 0.222. The number of ether oxygens (including phenoxy) is 1. The molecule has 0 atom stereocenters. The molecule has 1 aliphatic heterocycles. The highest BCUT2D eigenvalue weighted by atomic mass is 32.1. The van der Waals surface area contributed by atoms with Crippen molar-refractivity contribution >= 4 is 29.0 Å². The van der Waals surface area contributed by atoms with E-state index in [-0.39, 0.29) is 0 Å². The summed E-state index contributed by atoms with van der Waals surface area (Å²) in [4.78, 5) is 28.1. The minimum Gasteiger partial charge on any atom is -0.378 e. The van der Waals surface area contributed by atoms with Gasteiger partial charge in [0.25, 0.3) is 0 Å². The second-order valence-electron chi connectivity index (χ2n) is 5.93. The van der Waals surface area contributed by atoms with Crippen molar-refractivity contribution in [1.82, 2.24) is 15.0 Å². The number of primary amides is 1. The second-order valence-corrected chi connectivity index (χ2v) is 6.87. The van der Waals surface area contributed by atoms with Gasteiger partial charge in [-0.15, -0.1) is 11.3 Å². The van der Waals surface area contributed by atoms with Gasteiger partial charge in [-0.05, 0) is 35.7 Å². The molecule has 138 valence electrons. The van der Waals surface area contributed by atoms with Crippen LogP contribution < -0.4 is 16.0 Å². The number of hydrogen-bond donors (Lipinski definition) is 2. The average Bonchev–Trinajstić information content (AvgIpc) is 3.23. The number of nitrogens with one attached hydrogen (secondary N) is 1. The molecule has 1 aromatic carbocycles. The molecule has 1 saturated heterocycles. The molecule has 27 heavy (non-hydrogen) atoms. The smallest absolute Gasteiger partial charge is 0.316 e. The Bertz CT molecular complexity index is 924. The summed E-state index contributed by atoms with van der Waals surface area (Å²) in [6.45, 7) is 2.80. The third-order valence-electron chi connectivity index (χ3n) is 4.07. The Labute approximate surface area is 160 Å². The van der Waals surface area contributed by atoms with Crippen LogP contribution in [0.2, 0.25) is 0 Å². The Balaban J connectivity index is 1.72. The monoisotopic (exact) mass is 382 g/mol. The van der Waals surface area contributed by atoms with Gasteiger partial charge in [0.05, 0.1) is 18.1 Å². The quantitative estimate of drug-likeness (QED) is 0.718. The summed E-state index contributed by atoms with van der Waals surface area (Å²) in [6, 6.07) is 10.6. The molecule has 1 aliphatic rings. The lowest BCUT2D eigenvalue weighted by molar-refractivity contribution is 0.122. The number of nitrogens with zero attached hydrogens (tertiary/aromatic N) is 4. The predicted molar refractivity (Wildman–Crippen MR) is 105 cm³/mol. The minimum atomic E-state index is -0.600. The fourth-order valence-corrected chi connectivity index (χ4v) is 3.42. The van der Waals surface area contributed by atoms with Gasteiger partial charge >= 0.3 is 6.03 Å². The first-order chi connectivity index (χ1) is 13.2. The van der Waals surface area contributed by atoms with Crippen LogP contribution in [0.15, 0.2) is 41.8 Å². The molecule has 0 aliphatic carbocycles. The molecule has 0 unspecified atom stereocenters. The van der Waals surface area contributed by atoms with Crippen LogP contribution in [0.4, 0.5) is 16.4 Å². The van der Waals surface area contributed by atoms with Gasteiger partial charge in [-0.3, -0.25) is 0 Å². The van der Waals surface area contributed by atoms with E-state index in [0.717, 1.165) is 23.5 Å². The summed E-state index contributed by atoms with van der Waals surface area (Å²) in [5.41, 5.74) is 6.60. The number of hydrogen-bond acceptors (Lipinski definition) is 7. The van der Waals surface area contributed by atoms with E-state index in [1.165, 1.54) is 0 Å². The highest BCUT2D eigenvalue weighted by molar-refractivity contribution is 7.13. The lowest BCUT2D eigenvalue weighted by Crippen LogP contribution is -2.37. The van der Waals surface area contributed by atoms with Crippen molar-refractivity contribution in [3.63, 3.8) is 0 Å². The summed E-state index contributed by atoms with van der Waals surface area (Å²) in [5.74, 6) is 1.88. The maximum Gasteiger partial charge on any atom is 0.316 e. The SMILES string of the molecule is NC(=O)Nc1ccc(-c2nc(-c3cccs3)nc(N3CCOCC3)n2)cc1. The van der Waals surface area contributed by atoms with Crippen LogP contribution in [0, 0.1) is 0 Å². The Kier molecular flexibility index (Phi) is 4.95. The van der Waals surface area contributed by atoms with Crippen molar-refractivity contribution in [2.45, 2.75) is 0 Å². The number of urea groups is 1. The van der Waals surface area contributed by atoms with Crippen LogP contribution in [0.5, 0.6) is 0 Å². The van der Waals surface area contributed by atoms with Crippen molar-refractivity contribution < 1.29 is 9.53 Å². The Morgan fingerprint density at radius 1 is 1.07 bits per heavy atom. The highest BCUT2D eigenvalue weighted by Crippen LogP contribution is 2.27. The Morgan fingerprint density at radius 2 is 1.81 bits per heavy atom. The number of morpholine rings is 1. The van der Waals surface area contributed by atoms with E-state index in [0.29, 0.717) is 36.5 Å². The third kappa shape index (κ3) is 4.04. The van der Waals surface area contributed by atoms with E-state index < -0.39 is 6.03 Å². The molecule has 2 amide bonds. The van der Waals surface area contributed by atoms with Crippen molar-refractivity contribution in [3.8, 4) is 22.1 Å². The number of aromatic nitrogens is 3. The van der Waals surface area contributed by atoms with E-state index in [1.807, 2.05) is 29.6 Å². The van der Waals surface area contributed by atoms with E-state index >= 15 is 0 Å². The summed E-state index contributed by atoms with van der Waals surface area (Å²) >= 11 is 1.59. The topological polar surface area (TPSA) is 106 Å². The number of carbonyl (C=O) groups excluding carboxylic acids is 1. The molecule has 1 fully saturated rings. The zero-order valence-electron chi connectivity index (χ0n) is 14.5. The molecule has 0 saturated carbocycles. The normalized spacial score (nSPS) is 14.1. The number of anilines is 2. The van der Waals surface area contributed by atoms with Crippen LogP contribution in [0.1, 0.15) is 0 Å². The summed E-state index contributed by atoms with van der Waals surface area (Å²) in [7, 11) is 0. The maximum atomic E-state index is 11.0. The molecule has 0 radical (unpaired) electrons. The molecule has 3 heterocycles. The lowest BCUT2D eigenvalue weighted by atomic mass is 10.2. The number of thiophene rings is 1. The first-order valence-electron chi connectivity index (χ1n) is 8.48. The standard InChI is InChI=1S/C18H18N6O2S/c19-17(25)20-13-5-3-12(4-6-13)15-21-16(14-2-1-11-27-14)23-18(22-15)24-7-9-26-10-8-24/h1-6,11H,7-10H2,(H3,19,20,25). The minimum absolute atomic E-state index is 0.584. The van der Waals surface area contributed by atoms with E-state index in [2.05, 4.69) is 25.2 Å². The van der Waals surface area contributed by atoms with Gasteiger partial charge in [0.2, 0.25) is 5.95 Å². The molecule has 8 nitrogen and oxygen atoms in total. The molecular formula is C18H18N6O2S. The molecule has 4 rings (SSSR count). The molecule has 9 heteroatoms. The highest BCUT2D eigenvalue weighted by Gasteiger charge is 2.18. The van der Waals surface area contributed by atoms with Crippen LogP contribution in [0.25, 0.3) is 22.1 Å². The van der Waals surface area contributed by atoms with E-state index in [4.69, 9.17) is 10.5 Å². The molecule has 3 aromatic rings. The Hall–Kier alpha value is -3.04. The van der Waals surface area contributed by atoms with Gasteiger partial charge in [-0.25, -0.2) is 9.78 Å². The van der Waals surface area contributed by atoms with Crippen LogP contribution in [0.3, 0.4) is 0 Å². The zero-order valence-corrected chi connectivity index (χ0v) is 15.3. The number of amides is 2. The van der Waals surface area contributed by atoms with Crippen molar-refractivity contribution in [3.05, 3.63) is 41.8 Å². The lowest BCUT2D eigenvalue weighted by Gasteiger charge is -2.27.